The number of carbonyl (C=O) groups is 4. The number of fused-ring (bicyclic) bond motifs is 2. The Morgan fingerprint density at radius 1 is 0.938 bits per heavy atom. The molecule has 7 nitrogen and oxygen atoms in total. The highest BCUT2D eigenvalue weighted by Gasteiger charge is 2.32. The number of ketones is 2. The van der Waals surface area contributed by atoms with Gasteiger partial charge in [-0.3, -0.25) is 14.4 Å². The number of esters is 1. The number of anilines is 2. The molecule has 0 aromatic heterocycles. The Bertz CT molecular complexity index is 1300. The molecule has 0 spiro atoms. The Balaban J connectivity index is 1.56. The summed E-state index contributed by atoms with van der Waals surface area (Å²) < 4.78 is 5.21. The van der Waals surface area contributed by atoms with E-state index in [0.29, 0.717) is 10.6 Å². The molecule has 0 saturated carbocycles. The van der Waals surface area contributed by atoms with Crippen molar-refractivity contribution in [2.24, 2.45) is 0 Å². The summed E-state index contributed by atoms with van der Waals surface area (Å²) in [4.78, 5) is 51.0. The van der Waals surface area contributed by atoms with E-state index in [-0.39, 0.29) is 45.2 Å². The maximum absolute atomic E-state index is 13.0. The van der Waals surface area contributed by atoms with Crippen LogP contribution in [0, 0.1) is 0 Å². The number of nitrogen functional groups attached to an aromatic ring is 1. The minimum absolute atomic E-state index is 0.0727. The molecule has 0 bridgehead atoms. The lowest BCUT2D eigenvalue weighted by Gasteiger charge is -2.21. The van der Waals surface area contributed by atoms with E-state index in [4.69, 9.17) is 22.1 Å². The van der Waals surface area contributed by atoms with E-state index in [1.807, 2.05) is 0 Å². The summed E-state index contributed by atoms with van der Waals surface area (Å²) >= 11 is 5.83. The summed E-state index contributed by atoms with van der Waals surface area (Å²) in [7, 11) is 0. The molecule has 3 aromatic carbocycles. The van der Waals surface area contributed by atoms with Gasteiger partial charge in [0, 0.05) is 27.4 Å². The third-order valence-corrected chi connectivity index (χ3v) is 5.33. The van der Waals surface area contributed by atoms with Crippen molar-refractivity contribution in [2.75, 3.05) is 11.1 Å². The molecule has 0 fully saturated rings. The van der Waals surface area contributed by atoms with Crippen LogP contribution < -0.4 is 11.1 Å². The molecular weight excluding hydrogens is 432 g/mol. The zero-order valence-corrected chi connectivity index (χ0v) is 17.6. The highest BCUT2D eigenvalue weighted by atomic mass is 35.5. The minimum atomic E-state index is -1.20. The summed E-state index contributed by atoms with van der Waals surface area (Å²) in [5.41, 5.74) is 7.03. The maximum Gasteiger partial charge on any atom is 0.341 e. The van der Waals surface area contributed by atoms with Gasteiger partial charge in [-0.05, 0) is 31.2 Å². The molecule has 0 radical (unpaired) electrons. The van der Waals surface area contributed by atoms with Crippen LogP contribution in [-0.4, -0.2) is 29.5 Å². The first-order chi connectivity index (χ1) is 15.3. The minimum Gasteiger partial charge on any atom is -0.449 e. The van der Waals surface area contributed by atoms with Crippen LogP contribution >= 0.6 is 11.6 Å². The predicted molar refractivity (Wildman–Crippen MR) is 119 cm³/mol. The van der Waals surface area contributed by atoms with E-state index >= 15 is 0 Å². The quantitative estimate of drug-likeness (QED) is 0.361. The fourth-order valence-electron chi connectivity index (χ4n) is 3.48. The van der Waals surface area contributed by atoms with Crippen LogP contribution in [0.4, 0.5) is 11.4 Å². The number of rotatable bonds is 4. The second kappa shape index (κ2) is 8.28. The first-order valence-corrected chi connectivity index (χ1v) is 10.0. The lowest BCUT2D eigenvalue weighted by Crippen LogP contribution is -2.31. The van der Waals surface area contributed by atoms with Gasteiger partial charge in [0.2, 0.25) is 0 Å². The normalized spacial score (nSPS) is 13.1. The maximum atomic E-state index is 13.0. The van der Waals surface area contributed by atoms with Gasteiger partial charge in [0.1, 0.15) is 0 Å². The smallest absolute Gasteiger partial charge is 0.341 e. The molecule has 3 aromatic rings. The molecule has 32 heavy (non-hydrogen) atoms. The number of benzene rings is 3. The third-order valence-electron chi connectivity index (χ3n) is 5.10. The molecule has 1 aliphatic rings. The molecule has 8 heteroatoms. The first kappa shape index (κ1) is 21.3. The molecule has 1 amide bonds. The van der Waals surface area contributed by atoms with Crippen molar-refractivity contribution in [1.82, 2.24) is 0 Å². The number of hydrogen-bond acceptors (Lipinski definition) is 6. The highest BCUT2D eigenvalue weighted by Crippen LogP contribution is 2.32. The Morgan fingerprint density at radius 3 is 2.28 bits per heavy atom. The number of nitrogens with two attached hydrogens (primary N) is 1. The molecule has 3 N–H and O–H groups in total. The summed E-state index contributed by atoms with van der Waals surface area (Å²) in [6.07, 6.45) is -1.20. The fourth-order valence-corrected chi connectivity index (χ4v) is 3.66. The number of halogens is 1. The van der Waals surface area contributed by atoms with Crippen molar-refractivity contribution in [3.63, 3.8) is 0 Å². The summed E-state index contributed by atoms with van der Waals surface area (Å²) in [5.74, 6) is -2.14. The van der Waals surface area contributed by atoms with Crippen LogP contribution in [0.25, 0.3) is 0 Å². The van der Waals surface area contributed by atoms with Crippen LogP contribution in [0.1, 0.15) is 49.1 Å². The molecule has 0 aliphatic heterocycles. The lowest BCUT2D eigenvalue weighted by atomic mass is 9.83. The monoisotopic (exact) mass is 448 g/mol. The summed E-state index contributed by atoms with van der Waals surface area (Å²) in [6, 6.07) is 15.4. The average Bonchev–Trinajstić information content (AvgIpc) is 2.77. The standard InChI is InChI=1S/C24H17ClN2O5/c1-12(32-24(31)16-10-9-13(25)11-18(16)26)23(30)27-19-8-4-7-17-20(19)22(29)15-6-3-2-5-14(15)21(17)28/h2-12H,26H2,1H3,(H,27,30). The topological polar surface area (TPSA) is 116 Å². The van der Waals surface area contributed by atoms with Gasteiger partial charge in [0.05, 0.1) is 16.8 Å². The SMILES string of the molecule is CC(OC(=O)c1ccc(Cl)cc1N)C(=O)Nc1cccc2c1C(=O)c1ccccc1C2=O. The van der Waals surface area contributed by atoms with Gasteiger partial charge in [-0.25, -0.2) is 4.79 Å². The molecule has 1 unspecified atom stereocenters. The summed E-state index contributed by atoms with van der Waals surface area (Å²) in [5, 5.41) is 2.95. The van der Waals surface area contributed by atoms with Gasteiger partial charge in [0.15, 0.2) is 17.7 Å². The Kier molecular flexibility index (Phi) is 5.50. The van der Waals surface area contributed by atoms with E-state index in [0.717, 1.165) is 0 Å². The largest absolute Gasteiger partial charge is 0.449 e. The van der Waals surface area contributed by atoms with Gasteiger partial charge < -0.3 is 15.8 Å². The Labute approximate surface area is 188 Å². The Hall–Kier alpha value is -3.97. The highest BCUT2D eigenvalue weighted by molar-refractivity contribution is 6.31. The van der Waals surface area contributed by atoms with Crippen molar-refractivity contribution in [2.45, 2.75) is 13.0 Å². The van der Waals surface area contributed by atoms with Crippen molar-refractivity contribution in [3.05, 3.63) is 93.5 Å². The van der Waals surface area contributed by atoms with E-state index < -0.39 is 18.0 Å². The van der Waals surface area contributed by atoms with Crippen molar-refractivity contribution < 1.29 is 23.9 Å². The van der Waals surface area contributed by atoms with Gasteiger partial charge >= 0.3 is 5.97 Å². The van der Waals surface area contributed by atoms with E-state index in [2.05, 4.69) is 5.32 Å². The second-order valence-corrected chi connectivity index (χ2v) is 7.64. The van der Waals surface area contributed by atoms with Crippen LogP contribution in [0.2, 0.25) is 5.02 Å². The van der Waals surface area contributed by atoms with Crippen LogP contribution in [0.5, 0.6) is 0 Å². The number of ether oxygens (including phenoxy) is 1. The molecular formula is C24H17ClN2O5. The zero-order chi connectivity index (χ0) is 23.0. The molecule has 1 atom stereocenters. The van der Waals surface area contributed by atoms with Gasteiger partial charge in [-0.15, -0.1) is 0 Å². The van der Waals surface area contributed by atoms with Crippen molar-refractivity contribution >= 4 is 46.4 Å². The predicted octanol–water partition coefficient (Wildman–Crippen LogP) is 3.88. The first-order valence-electron chi connectivity index (χ1n) is 9.66. The fraction of sp³-hybridized carbons (Fsp3) is 0.0833. The second-order valence-electron chi connectivity index (χ2n) is 7.20. The van der Waals surface area contributed by atoms with Gasteiger partial charge in [-0.2, -0.15) is 0 Å². The number of hydrogen-bond donors (Lipinski definition) is 2. The molecule has 4 rings (SSSR count). The summed E-state index contributed by atoms with van der Waals surface area (Å²) in [6.45, 7) is 1.39. The van der Waals surface area contributed by atoms with E-state index in [9.17, 15) is 19.2 Å². The van der Waals surface area contributed by atoms with Crippen molar-refractivity contribution in [1.29, 1.82) is 0 Å². The number of amides is 1. The molecule has 1 aliphatic carbocycles. The van der Waals surface area contributed by atoms with Gasteiger partial charge in [0.25, 0.3) is 5.91 Å². The molecule has 0 saturated heterocycles. The van der Waals surface area contributed by atoms with E-state index in [1.54, 1.807) is 30.3 Å². The third kappa shape index (κ3) is 3.74. The lowest BCUT2D eigenvalue weighted by molar-refractivity contribution is -0.123. The van der Waals surface area contributed by atoms with Crippen LogP contribution in [0.3, 0.4) is 0 Å². The number of carbonyl (C=O) groups excluding carboxylic acids is 4. The van der Waals surface area contributed by atoms with Gasteiger partial charge in [-0.1, -0.05) is 48.0 Å². The zero-order valence-electron chi connectivity index (χ0n) is 16.8. The van der Waals surface area contributed by atoms with Crippen LogP contribution in [-0.2, 0) is 9.53 Å². The van der Waals surface area contributed by atoms with Crippen LogP contribution in [0.15, 0.2) is 60.7 Å². The molecule has 160 valence electrons. The van der Waals surface area contributed by atoms with E-state index in [1.165, 1.54) is 37.3 Å². The van der Waals surface area contributed by atoms with Crippen molar-refractivity contribution in [3.8, 4) is 0 Å². The Morgan fingerprint density at radius 2 is 1.59 bits per heavy atom. The molecule has 0 heterocycles. The number of nitrogens with one attached hydrogen (secondary N) is 1. The average molecular weight is 449 g/mol.